The zero-order valence-corrected chi connectivity index (χ0v) is 9.85. The van der Waals surface area contributed by atoms with Crippen LogP contribution in [0.3, 0.4) is 0 Å². The van der Waals surface area contributed by atoms with Gasteiger partial charge in [-0.05, 0) is 43.4 Å². The van der Waals surface area contributed by atoms with E-state index in [0.29, 0.717) is 10.8 Å². The molecule has 1 saturated heterocycles. The van der Waals surface area contributed by atoms with Gasteiger partial charge >= 0.3 is 0 Å². The van der Waals surface area contributed by atoms with Crippen molar-refractivity contribution in [3.8, 4) is 0 Å². The molecular formula is C12H21ClO. The van der Waals surface area contributed by atoms with Gasteiger partial charge in [0.1, 0.15) is 0 Å². The van der Waals surface area contributed by atoms with Crippen molar-refractivity contribution in [1.82, 2.24) is 0 Å². The minimum Gasteiger partial charge on any atom is -0.381 e. The molecule has 0 amide bonds. The predicted octanol–water partition coefficient (Wildman–Crippen LogP) is 3.60. The number of ether oxygens (including phenoxy) is 1. The predicted molar refractivity (Wildman–Crippen MR) is 59.8 cm³/mol. The van der Waals surface area contributed by atoms with Crippen molar-refractivity contribution >= 4 is 11.6 Å². The second kappa shape index (κ2) is 4.40. The quantitative estimate of drug-likeness (QED) is 0.641. The van der Waals surface area contributed by atoms with Gasteiger partial charge in [-0.15, -0.1) is 11.6 Å². The summed E-state index contributed by atoms with van der Waals surface area (Å²) < 4.78 is 5.47. The SMILES string of the molecule is CCC(Cl)C1CCCC12CCOCC2. The van der Waals surface area contributed by atoms with Gasteiger partial charge in [0.15, 0.2) is 0 Å². The van der Waals surface area contributed by atoms with E-state index in [4.69, 9.17) is 16.3 Å². The molecule has 0 radical (unpaired) electrons. The van der Waals surface area contributed by atoms with E-state index in [0.717, 1.165) is 25.6 Å². The topological polar surface area (TPSA) is 9.23 Å². The molecule has 1 saturated carbocycles. The van der Waals surface area contributed by atoms with E-state index < -0.39 is 0 Å². The third-order valence-electron chi connectivity index (χ3n) is 4.29. The molecule has 2 aliphatic rings. The molecule has 2 atom stereocenters. The van der Waals surface area contributed by atoms with E-state index in [2.05, 4.69) is 6.92 Å². The lowest BCUT2D eigenvalue weighted by atomic mass is 9.70. The molecule has 1 heterocycles. The molecule has 14 heavy (non-hydrogen) atoms. The van der Waals surface area contributed by atoms with Gasteiger partial charge in [0.2, 0.25) is 0 Å². The fourth-order valence-corrected chi connectivity index (χ4v) is 3.81. The second-order valence-corrected chi connectivity index (χ2v) is 5.46. The fraction of sp³-hybridized carbons (Fsp3) is 1.00. The summed E-state index contributed by atoms with van der Waals surface area (Å²) in [5, 5.41) is 0.399. The van der Waals surface area contributed by atoms with Gasteiger partial charge < -0.3 is 4.74 Å². The lowest BCUT2D eigenvalue weighted by Gasteiger charge is -2.40. The van der Waals surface area contributed by atoms with Crippen LogP contribution in [0.5, 0.6) is 0 Å². The Morgan fingerprint density at radius 1 is 1.36 bits per heavy atom. The molecule has 2 rings (SSSR count). The van der Waals surface area contributed by atoms with E-state index >= 15 is 0 Å². The fourth-order valence-electron chi connectivity index (χ4n) is 3.41. The first-order valence-electron chi connectivity index (χ1n) is 6.00. The van der Waals surface area contributed by atoms with Gasteiger partial charge in [0.05, 0.1) is 0 Å². The van der Waals surface area contributed by atoms with Crippen LogP contribution in [0.25, 0.3) is 0 Å². The summed E-state index contributed by atoms with van der Waals surface area (Å²) in [5.41, 5.74) is 0.556. The maximum absolute atomic E-state index is 6.45. The third kappa shape index (κ3) is 1.81. The van der Waals surface area contributed by atoms with Crippen molar-refractivity contribution in [1.29, 1.82) is 0 Å². The van der Waals surface area contributed by atoms with Gasteiger partial charge in [-0.2, -0.15) is 0 Å². The van der Waals surface area contributed by atoms with Gasteiger partial charge in [0, 0.05) is 18.6 Å². The van der Waals surface area contributed by atoms with Crippen LogP contribution >= 0.6 is 11.6 Å². The van der Waals surface area contributed by atoms with Crippen molar-refractivity contribution in [3.63, 3.8) is 0 Å². The molecule has 0 N–H and O–H groups in total. The Kier molecular flexibility index (Phi) is 3.38. The lowest BCUT2D eigenvalue weighted by Crippen LogP contribution is -2.36. The highest BCUT2D eigenvalue weighted by atomic mass is 35.5. The molecule has 1 aliphatic carbocycles. The van der Waals surface area contributed by atoms with Gasteiger partial charge in [-0.25, -0.2) is 0 Å². The highest BCUT2D eigenvalue weighted by molar-refractivity contribution is 6.20. The van der Waals surface area contributed by atoms with Crippen LogP contribution in [0.2, 0.25) is 0 Å². The maximum Gasteiger partial charge on any atom is 0.0471 e. The Hall–Kier alpha value is 0.250. The van der Waals surface area contributed by atoms with E-state index in [1.165, 1.54) is 32.1 Å². The molecule has 0 aromatic carbocycles. The minimum atomic E-state index is 0.399. The van der Waals surface area contributed by atoms with Crippen molar-refractivity contribution in [2.24, 2.45) is 11.3 Å². The summed E-state index contributed by atoms with van der Waals surface area (Å²) in [5.74, 6) is 0.762. The average molecular weight is 217 g/mol. The molecule has 0 aromatic heterocycles. The largest absolute Gasteiger partial charge is 0.381 e. The first kappa shape index (κ1) is 10.8. The number of hydrogen-bond acceptors (Lipinski definition) is 1. The van der Waals surface area contributed by atoms with Crippen LogP contribution in [0.1, 0.15) is 45.4 Å². The van der Waals surface area contributed by atoms with Crippen LogP contribution in [-0.2, 0) is 4.74 Å². The highest BCUT2D eigenvalue weighted by Gasteiger charge is 2.45. The lowest BCUT2D eigenvalue weighted by molar-refractivity contribution is -0.00689. The number of hydrogen-bond donors (Lipinski definition) is 0. The molecule has 2 unspecified atom stereocenters. The Balaban J connectivity index is 2.07. The zero-order valence-electron chi connectivity index (χ0n) is 9.10. The zero-order chi connectivity index (χ0) is 10.0. The summed E-state index contributed by atoms with van der Waals surface area (Å²) in [6, 6.07) is 0. The number of alkyl halides is 1. The van der Waals surface area contributed by atoms with Gasteiger partial charge in [-0.3, -0.25) is 0 Å². The monoisotopic (exact) mass is 216 g/mol. The van der Waals surface area contributed by atoms with Crippen LogP contribution in [0, 0.1) is 11.3 Å². The molecule has 2 heteroatoms. The molecule has 82 valence electrons. The van der Waals surface area contributed by atoms with Crippen LogP contribution in [0.4, 0.5) is 0 Å². The summed E-state index contributed by atoms with van der Waals surface area (Å²) in [4.78, 5) is 0. The summed E-state index contributed by atoms with van der Waals surface area (Å²) >= 11 is 6.45. The molecule has 0 bridgehead atoms. The molecule has 0 aromatic rings. The van der Waals surface area contributed by atoms with E-state index in [1.807, 2.05) is 0 Å². The van der Waals surface area contributed by atoms with Gasteiger partial charge in [0.25, 0.3) is 0 Å². The smallest absolute Gasteiger partial charge is 0.0471 e. The Morgan fingerprint density at radius 3 is 2.71 bits per heavy atom. The molecule has 2 fully saturated rings. The van der Waals surface area contributed by atoms with Crippen LogP contribution < -0.4 is 0 Å². The average Bonchev–Trinajstić information content (AvgIpc) is 2.62. The van der Waals surface area contributed by atoms with Crippen molar-refractivity contribution < 1.29 is 4.74 Å². The molecule has 1 spiro atoms. The minimum absolute atomic E-state index is 0.399. The van der Waals surface area contributed by atoms with Crippen molar-refractivity contribution in [2.45, 2.75) is 50.8 Å². The van der Waals surface area contributed by atoms with E-state index in [-0.39, 0.29) is 0 Å². The Bertz CT molecular complexity index is 187. The second-order valence-electron chi connectivity index (χ2n) is 4.90. The molecule has 1 aliphatic heterocycles. The highest BCUT2D eigenvalue weighted by Crippen LogP contribution is 2.52. The molecular weight excluding hydrogens is 196 g/mol. The first-order chi connectivity index (χ1) is 6.78. The maximum atomic E-state index is 6.45. The first-order valence-corrected chi connectivity index (χ1v) is 6.44. The summed E-state index contributed by atoms with van der Waals surface area (Å²) in [6.07, 6.45) is 7.75. The van der Waals surface area contributed by atoms with Crippen molar-refractivity contribution in [2.75, 3.05) is 13.2 Å². The third-order valence-corrected chi connectivity index (χ3v) is 4.90. The van der Waals surface area contributed by atoms with Crippen LogP contribution in [0.15, 0.2) is 0 Å². The molecule has 1 nitrogen and oxygen atoms in total. The standard InChI is InChI=1S/C12H21ClO/c1-2-11(13)10-4-3-5-12(10)6-8-14-9-7-12/h10-11H,2-9H2,1H3. The van der Waals surface area contributed by atoms with E-state index in [9.17, 15) is 0 Å². The summed E-state index contributed by atoms with van der Waals surface area (Å²) in [6.45, 7) is 4.14. The number of halogens is 1. The summed E-state index contributed by atoms with van der Waals surface area (Å²) in [7, 11) is 0. The van der Waals surface area contributed by atoms with E-state index in [1.54, 1.807) is 0 Å². The van der Waals surface area contributed by atoms with Crippen molar-refractivity contribution in [3.05, 3.63) is 0 Å². The Labute approximate surface area is 92.2 Å². The van der Waals surface area contributed by atoms with Crippen LogP contribution in [-0.4, -0.2) is 18.6 Å². The normalized spacial score (nSPS) is 33.4. The van der Waals surface area contributed by atoms with Gasteiger partial charge in [-0.1, -0.05) is 13.3 Å². The Morgan fingerprint density at radius 2 is 2.07 bits per heavy atom. The number of rotatable bonds is 2.